The molecule has 2 aliphatic carbocycles. The predicted molar refractivity (Wildman–Crippen MR) is 94.7 cm³/mol. The molecule has 3 nitrogen and oxygen atoms in total. The summed E-state index contributed by atoms with van der Waals surface area (Å²) < 4.78 is 13.8. The van der Waals surface area contributed by atoms with E-state index in [0.29, 0.717) is 24.2 Å². The summed E-state index contributed by atoms with van der Waals surface area (Å²) in [4.78, 5) is 14.5. The van der Waals surface area contributed by atoms with Gasteiger partial charge in [0.15, 0.2) is 0 Å². The van der Waals surface area contributed by atoms with Gasteiger partial charge in [0.05, 0.1) is 5.60 Å². The predicted octanol–water partition coefficient (Wildman–Crippen LogP) is 3.78. The summed E-state index contributed by atoms with van der Waals surface area (Å²) in [6.45, 7) is 5.44. The van der Waals surface area contributed by atoms with E-state index in [-0.39, 0.29) is 17.6 Å². The normalized spacial score (nSPS) is 31.5. The summed E-state index contributed by atoms with van der Waals surface area (Å²) in [5.41, 5.74) is 1.62. The lowest BCUT2D eigenvalue weighted by atomic mass is 9.63. The van der Waals surface area contributed by atoms with Gasteiger partial charge in [-0.2, -0.15) is 0 Å². The van der Waals surface area contributed by atoms with E-state index in [0.717, 1.165) is 44.3 Å². The van der Waals surface area contributed by atoms with Crippen LogP contribution in [0, 0.1) is 24.1 Å². The molecule has 1 aromatic rings. The highest BCUT2D eigenvalue weighted by atomic mass is 19.1. The number of carbonyl (C=O) groups excluding carboxylic acids is 1. The minimum absolute atomic E-state index is 0.0265. The second-order valence-corrected chi connectivity index (χ2v) is 9.02. The van der Waals surface area contributed by atoms with Crippen LogP contribution in [-0.2, 0) is 4.79 Å². The zero-order valence-corrected chi connectivity index (χ0v) is 15.2. The smallest absolute Gasteiger partial charge is 0.225 e. The Morgan fingerprint density at radius 2 is 1.88 bits per heavy atom. The molecule has 25 heavy (non-hydrogen) atoms. The van der Waals surface area contributed by atoms with Gasteiger partial charge in [0, 0.05) is 24.4 Å². The molecule has 2 saturated carbocycles. The van der Waals surface area contributed by atoms with Crippen LogP contribution in [0.5, 0.6) is 0 Å². The highest BCUT2D eigenvalue weighted by molar-refractivity contribution is 5.81. The van der Waals surface area contributed by atoms with Crippen molar-refractivity contribution in [1.82, 2.24) is 4.90 Å². The highest BCUT2D eigenvalue weighted by Gasteiger charge is 2.51. The zero-order valence-electron chi connectivity index (χ0n) is 15.2. The van der Waals surface area contributed by atoms with Crippen LogP contribution < -0.4 is 0 Å². The Balaban J connectivity index is 1.31. The molecule has 0 aromatic heterocycles. The maximum Gasteiger partial charge on any atom is 0.225 e. The molecule has 3 fully saturated rings. The van der Waals surface area contributed by atoms with Crippen molar-refractivity contribution in [3.05, 3.63) is 35.1 Å². The number of benzene rings is 1. The minimum Gasteiger partial charge on any atom is -0.390 e. The number of rotatable bonds is 2. The van der Waals surface area contributed by atoms with Crippen LogP contribution in [0.25, 0.3) is 0 Å². The molecule has 1 aliphatic heterocycles. The first-order valence-electron chi connectivity index (χ1n) is 9.55. The molecular formula is C21H28FNO2. The molecule has 4 rings (SSSR count). The molecule has 1 heterocycles. The number of amides is 1. The number of halogens is 1. The van der Waals surface area contributed by atoms with E-state index in [4.69, 9.17) is 0 Å². The maximum absolute atomic E-state index is 13.8. The lowest BCUT2D eigenvalue weighted by Gasteiger charge is -2.55. The van der Waals surface area contributed by atoms with E-state index in [2.05, 4.69) is 6.07 Å². The van der Waals surface area contributed by atoms with Gasteiger partial charge in [-0.3, -0.25) is 4.79 Å². The number of aliphatic hydroxyl groups is 1. The van der Waals surface area contributed by atoms with Crippen molar-refractivity contribution in [1.29, 1.82) is 0 Å². The van der Waals surface area contributed by atoms with Gasteiger partial charge in [0.25, 0.3) is 0 Å². The Bertz CT molecular complexity index is 675. The fourth-order valence-corrected chi connectivity index (χ4v) is 5.28. The number of hydrogen-bond acceptors (Lipinski definition) is 2. The molecule has 0 atom stereocenters. The molecule has 1 aromatic carbocycles. The Kier molecular flexibility index (Phi) is 3.95. The highest BCUT2D eigenvalue weighted by Crippen LogP contribution is 2.50. The molecular weight excluding hydrogens is 317 g/mol. The Labute approximate surface area is 149 Å². The van der Waals surface area contributed by atoms with Crippen molar-refractivity contribution in [3.63, 3.8) is 0 Å². The van der Waals surface area contributed by atoms with Crippen LogP contribution >= 0.6 is 0 Å². The summed E-state index contributed by atoms with van der Waals surface area (Å²) in [5.74, 6) is 0.612. The third kappa shape index (κ3) is 2.99. The first-order valence-corrected chi connectivity index (χ1v) is 9.55. The van der Waals surface area contributed by atoms with Crippen LogP contribution in [0.1, 0.15) is 62.5 Å². The van der Waals surface area contributed by atoms with Gasteiger partial charge in [0.2, 0.25) is 5.91 Å². The monoisotopic (exact) mass is 345 g/mol. The van der Waals surface area contributed by atoms with Gasteiger partial charge in [0.1, 0.15) is 5.82 Å². The number of hydrogen-bond donors (Lipinski definition) is 1. The van der Waals surface area contributed by atoms with Crippen LogP contribution in [0.3, 0.4) is 0 Å². The second kappa shape index (κ2) is 5.80. The SMILES string of the molecule is Cc1c(F)cccc1C1CCC2(CC1)CN(C(=O)C1CC(C)(O)C1)C2. The Morgan fingerprint density at radius 1 is 1.24 bits per heavy atom. The second-order valence-electron chi connectivity index (χ2n) is 9.02. The number of nitrogens with zero attached hydrogens (tertiary/aromatic N) is 1. The van der Waals surface area contributed by atoms with Gasteiger partial charge >= 0.3 is 0 Å². The van der Waals surface area contributed by atoms with E-state index >= 15 is 0 Å². The Morgan fingerprint density at radius 3 is 2.48 bits per heavy atom. The summed E-state index contributed by atoms with van der Waals surface area (Å²) >= 11 is 0. The van der Waals surface area contributed by atoms with E-state index in [1.807, 2.05) is 24.8 Å². The molecule has 0 bridgehead atoms. The molecule has 0 radical (unpaired) electrons. The molecule has 136 valence electrons. The summed E-state index contributed by atoms with van der Waals surface area (Å²) in [6.07, 6.45) is 5.64. The van der Waals surface area contributed by atoms with Crippen molar-refractivity contribution in [3.8, 4) is 0 Å². The maximum atomic E-state index is 13.8. The summed E-state index contributed by atoms with van der Waals surface area (Å²) in [6, 6.07) is 5.43. The van der Waals surface area contributed by atoms with E-state index in [9.17, 15) is 14.3 Å². The van der Waals surface area contributed by atoms with E-state index in [1.54, 1.807) is 0 Å². The van der Waals surface area contributed by atoms with Crippen molar-refractivity contribution < 1.29 is 14.3 Å². The fraction of sp³-hybridized carbons (Fsp3) is 0.667. The van der Waals surface area contributed by atoms with Crippen molar-refractivity contribution in [2.75, 3.05) is 13.1 Å². The first kappa shape index (κ1) is 17.0. The fourth-order valence-electron chi connectivity index (χ4n) is 5.28. The number of likely N-dealkylation sites (tertiary alicyclic amines) is 1. The molecule has 3 aliphatic rings. The van der Waals surface area contributed by atoms with Gasteiger partial charge in [-0.1, -0.05) is 12.1 Å². The van der Waals surface area contributed by atoms with Crippen molar-refractivity contribution >= 4 is 5.91 Å². The lowest BCUT2D eigenvalue weighted by Crippen LogP contribution is -2.62. The largest absolute Gasteiger partial charge is 0.390 e. The minimum atomic E-state index is -0.635. The lowest BCUT2D eigenvalue weighted by molar-refractivity contribution is -0.163. The van der Waals surface area contributed by atoms with Crippen LogP contribution in [-0.4, -0.2) is 34.6 Å². The van der Waals surface area contributed by atoms with Crippen LogP contribution in [0.4, 0.5) is 4.39 Å². The molecule has 1 amide bonds. The van der Waals surface area contributed by atoms with Gasteiger partial charge < -0.3 is 10.0 Å². The molecule has 4 heteroatoms. The van der Waals surface area contributed by atoms with Gasteiger partial charge in [-0.25, -0.2) is 4.39 Å². The first-order chi connectivity index (χ1) is 11.8. The molecule has 1 saturated heterocycles. The third-order valence-electron chi connectivity index (χ3n) is 6.88. The zero-order chi connectivity index (χ0) is 17.8. The topological polar surface area (TPSA) is 40.5 Å². The van der Waals surface area contributed by atoms with Crippen LogP contribution in [0.2, 0.25) is 0 Å². The van der Waals surface area contributed by atoms with E-state index in [1.165, 1.54) is 11.6 Å². The van der Waals surface area contributed by atoms with Crippen molar-refractivity contribution in [2.45, 2.75) is 63.9 Å². The van der Waals surface area contributed by atoms with Gasteiger partial charge in [-0.15, -0.1) is 0 Å². The third-order valence-corrected chi connectivity index (χ3v) is 6.88. The van der Waals surface area contributed by atoms with E-state index < -0.39 is 5.60 Å². The molecule has 1 N–H and O–H groups in total. The molecule has 1 spiro atoms. The van der Waals surface area contributed by atoms with Gasteiger partial charge in [-0.05, 0) is 75.5 Å². The summed E-state index contributed by atoms with van der Waals surface area (Å²) in [5, 5.41) is 9.83. The average Bonchev–Trinajstić information content (AvgIpc) is 2.52. The average molecular weight is 345 g/mol. The Hall–Kier alpha value is -1.42. The molecule has 0 unspecified atom stereocenters. The summed E-state index contributed by atoms with van der Waals surface area (Å²) in [7, 11) is 0. The quantitative estimate of drug-likeness (QED) is 0.886. The standard InChI is InChI=1S/C21H28FNO2/c1-14-17(4-3-5-18(14)22)15-6-8-21(9-7-15)12-23(13-21)19(24)16-10-20(2,25)11-16/h3-5,15-16,25H,6-13H2,1-2H3. The van der Waals surface area contributed by atoms with Crippen molar-refractivity contribution in [2.24, 2.45) is 11.3 Å². The number of carbonyl (C=O) groups is 1. The van der Waals surface area contributed by atoms with Crippen LogP contribution in [0.15, 0.2) is 18.2 Å².